The average molecular weight is 488 g/mol. The van der Waals surface area contributed by atoms with Gasteiger partial charge >= 0.3 is 5.97 Å². The van der Waals surface area contributed by atoms with E-state index in [2.05, 4.69) is 10.7 Å². The fourth-order valence-corrected chi connectivity index (χ4v) is 3.72. The van der Waals surface area contributed by atoms with E-state index in [1.54, 1.807) is 42.5 Å². The van der Waals surface area contributed by atoms with Crippen molar-refractivity contribution >= 4 is 35.1 Å². The van der Waals surface area contributed by atoms with Crippen LogP contribution in [-0.2, 0) is 19.1 Å². The maximum atomic E-state index is 13.3. The zero-order chi connectivity index (χ0) is 25.7. The molecule has 0 saturated carbocycles. The molecule has 3 aromatic carbocycles. The molecule has 3 amide bonds. The summed E-state index contributed by atoms with van der Waals surface area (Å²) in [6.45, 7) is 1.89. The average Bonchev–Trinajstić information content (AvgIpc) is 2.89. The van der Waals surface area contributed by atoms with Crippen LogP contribution in [0.15, 0.2) is 72.8 Å². The van der Waals surface area contributed by atoms with Gasteiger partial charge in [0, 0.05) is 18.4 Å². The third kappa shape index (κ3) is 5.52. The standard InChI is InChI=1S/C27H25N3O6/c1-17-8-13-22(35-2)21(16-17)28-26(33)25(18-6-4-3-5-7-18)36-27(34)19-9-11-20(12-10-19)30-24(32)15-14-23(31)29-30/h3-13,16,25H,14-15H2,1-2H3,(H,28,33)(H,29,31). The highest BCUT2D eigenvalue weighted by molar-refractivity contribution is 6.02. The lowest BCUT2D eigenvalue weighted by molar-refractivity contribution is -0.130. The minimum absolute atomic E-state index is 0.106. The number of benzene rings is 3. The van der Waals surface area contributed by atoms with Gasteiger partial charge in [-0.25, -0.2) is 9.80 Å². The van der Waals surface area contributed by atoms with E-state index in [0.29, 0.717) is 22.7 Å². The van der Waals surface area contributed by atoms with E-state index < -0.39 is 18.0 Å². The first-order valence-electron chi connectivity index (χ1n) is 11.3. The van der Waals surface area contributed by atoms with Crippen LogP contribution in [0.1, 0.15) is 40.4 Å². The maximum absolute atomic E-state index is 13.3. The number of ether oxygens (including phenoxy) is 2. The fourth-order valence-electron chi connectivity index (χ4n) is 3.72. The van der Waals surface area contributed by atoms with Crippen molar-refractivity contribution in [3.8, 4) is 5.75 Å². The van der Waals surface area contributed by atoms with E-state index in [-0.39, 0.29) is 30.2 Å². The van der Waals surface area contributed by atoms with Crippen LogP contribution in [0, 0.1) is 6.92 Å². The second-order valence-electron chi connectivity index (χ2n) is 8.20. The van der Waals surface area contributed by atoms with Crippen LogP contribution in [0.25, 0.3) is 0 Å². The molecule has 0 spiro atoms. The molecule has 2 N–H and O–H groups in total. The van der Waals surface area contributed by atoms with Crippen molar-refractivity contribution in [1.29, 1.82) is 0 Å². The van der Waals surface area contributed by atoms with Crippen molar-refractivity contribution in [2.45, 2.75) is 25.9 Å². The van der Waals surface area contributed by atoms with Crippen molar-refractivity contribution in [3.05, 3.63) is 89.5 Å². The number of nitrogens with zero attached hydrogens (tertiary/aromatic N) is 1. The number of carbonyl (C=O) groups excluding carboxylic acids is 4. The van der Waals surface area contributed by atoms with Gasteiger partial charge in [0.15, 0.2) is 0 Å². The van der Waals surface area contributed by atoms with Crippen LogP contribution < -0.4 is 20.5 Å². The van der Waals surface area contributed by atoms with Crippen LogP contribution in [0.2, 0.25) is 0 Å². The molecule has 184 valence electrons. The Hall–Kier alpha value is -4.66. The van der Waals surface area contributed by atoms with E-state index in [0.717, 1.165) is 10.6 Å². The summed E-state index contributed by atoms with van der Waals surface area (Å²) in [7, 11) is 1.50. The smallest absolute Gasteiger partial charge is 0.339 e. The summed E-state index contributed by atoms with van der Waals surface area (Å²) in [5, 5.41) is 3.94. The number of methoxy groups -OCH3 is 1. The van der Waals surface area contributed by atoms with E-state index in [9.17, 15) is 19.2 Å². The lowest BCUT2D eigenvalue weighted by atomic mass is 10.1. The molecule has 1 heterocycles. The first-order valence-corrected chi connectivity index (χ1v) is 11.3. The molecule has 1 saturated heterocycles. The van der Waals surface area contributed by atoms with E-state index in [1.807, 2.05) is 13.0 Å². The van der Waals surface area contributed by atoms with Gasteiger partial charge in [-0.1, -0.05) is 36.4 Å². The van der Waals surface area contributed by atoms with Crippen LogP contribution in [0.5, 0.6) is 5.75 Å². The van der Waals surface area contributed by atoms with Gasteiger partial charge in [-0.2, -0.15) is 0 Å². The SMILES string of the molecule is COc1ccc(C)cc1NC(=O)C(OC(=O)c1ccc(N2NC(=O)CCC2=O)cc1)c1ccccc1. The molecule has 0 radical (unpaired) electrons. The van der Waals surface area contributed by atoms with Gasteiger partial charge in [-0.15, -0.1) is 0 Å². The summed E-state index contributed by atoms with van der Waals surface area (Å²) in [5.41, 5.74) is 4.96. The number of esters is 1. The molecule has 36 heavy (non-hydrogen) atoms. The molecule has 1 aliphatic rings. The van der Waals surface area contributed by atoms with Crippen LogP contribution in [-0.4, -0.2) is 30.8 Å². The van der Waals surface area contributed by atoms with Crippen LogP contribution in [0.4, 0.5) is 11.4 Å². The Morgan fingerprint density at radius 1 is 0.972 bits per heavy atom. The lowest BCUT2D eigenvalue weighted by Crippen LogP contribution is -2.50. The molecule has 1 unspecified atom stereocenters. The zero-order valence-electron chi connectivity index (χ0n) is 19.8. The van der Waals surface area contributed by atoms with Crippen molar-refractivity contribution in [2.75, 3.05) is 17.4 Å². The van der Waals surface area contributed by atoms with Gasteiger partial charge in [0.05, 0.1) is 24.0 Å². The van der Waals surface area contributed by atoms with Crippen LogP contribution >= 0.6 is 0 Å². The van der Waals surface area contributed by atoms with Crippen molar-refractivity contribution in [2.24, 2.45) is 0 Å². The van der Waals surface area contributed by atoms with Crippen molar-refractivity contribution in [3.63, 3.8) is 0 Å². The monoisotopic (exact) mass is 487 g/mol. The first-order chi connectivity index (χ1) is 17.4. The predicted octanol–water partition coefficient (Wildman–Crippen LogP) is 3.70. The molecule has 0 aliphatic carbocycles. The molecular weight excluding hydrogens is 462 g/mol. The number of rotatable bonds is 7. The highest BCUT2D eigenvalue weighted by atomic mass is 16.5. The Morgan fingerprint density at radius 2 is 1.69 bits per heavy atom. The van der Waals surface area contributed by atoms with E-state index >= 15 is 0 Å². The Labute approximate surface area is 208 Å². The number of amides is 3. The molecule has 1 atom stereocenters. The normalized spacial score (nSPS) is 14.0. The summed E-state index contributed by atoms with van der Waals surface area (Å²) >= 11 is 0. The molecule has 3 aromatic rings. The number of hydrogen-bond donors (Lipinski definition) is 2. The number of anilines is 2. The highest BCUT2D eigenvalue weighted by Crippen LogP contribution is 2.28. The summed E-state index contributed by atoms with van der Waals surface area (Å²) in [6.07, 6.45) is -0.988. The molecular formula is C27H25N3O6. The van der Waals surface area contributed by atoms with Gasteiger partial charge in [-0.05, 0) is 48.9 Å². The number of carbonyl (C=O) groups is 4. The van der Waals surface area contributed by atoms with E-state index in [4.69, 9.17) is 9.47 Å². The van der Waals surface area contributed by atoms with Gasteiger partial charge < -0.3 is 14.8 Å². The van der Waals surface area contributed by atoms with Crippen LogP contribution in [0.3, 0.4) is 0 Å². The summed E-state index contributed by atoms with van der Waals surface area (Å²) in [5.74, 6) is -1.31. The Kier molecular flexibility index (Phi) is 7.29. The molecule has 1 fully saturated rings. The largest absolute Gasteiger partial charge is 0.495 e. The minimum atomic E-state index is -1.23. The maximum Gasteiger partial charge on any atom is 0.339 e. The highest BCUT2D eigenvalue weighted by Gasteiger charge is 2.28. The topological polar surface area (TPSA) is 114 Å². The van der Waals surface area contributed by atoms with Gasteiger partial charge in [-0.3, -0.25) is 19.8 Å². The molecule has 0 bridgehead atoms. The molecule has 9 nitrogen and oxygen atoms in total. The minimum Gasteiger partial charge on any atom is -0.495 e. The first kappa shape index (κ1) is 24.5. The molecule has 1 aliphatic heterocycles. The number of aryl methyl sites for hydroxylation is 1. The Balaban J connectivity index is 1.54. The fraction of sp³-hybridized carbons (Fsp3) is 0.185. The predicted molar refractivity (Wildman–Crippen MR) is 132 cm³/mol. The third-order valence-corrected chi connectivity index (χ3v) is 5.59. The number of hydrogen-bond acceptors (Lipinski definition) is 6. The number of nitrogens with one attached hydrogen (secondary N) is 2. The molecule has 4 rings (SSSR count). The Morgan fingerprint density at radius 3 is 2.39 bits per heavy atom. The number of hydrazine groups is 1. The summed E-state index contributed by atoms with van der Waals surface area (Å²) in [4.78, 5) is 50.0. The van der Waals surface area contributed by atoms with Gasteiger partial charge in [0.1, 0.15) is 5.75 Å². The Bertz CT molecular complexity index is 1290. The lowest BCUT2D eigenvalue weighted by Gasteiger charge is -2.27. The second kappa shape index (κ2) is 10.7. The summed E-state index contributed by atoms with van der Waals surface area (Å²) < 4.78 is 11.0. The third-order valence-electron chi connectivity index (χ3n) is 5.59. The van der Waals surface area contributed by atoms with E-state index in [1.165, 1.54) is 31.4 Å². The van der Waals surface area contributed by atoms with Gasteiger partial charge in [0.2, 0.25) is 17.9 Å². The second-order valence-corrected chi connectivity index (χ2v) is 8.20. The summed E-state index contributed by atoms with van der Waals surface area (Å²) in [6, 6.07) is 20.0. The van der Waals surface area contributed by atoms with Gasteiger partial charge in [0.25, 0.3) is 5.91 Å². The van der Waals surface area contributed by atoms with Crippen molar-refractivity contribution in [1.82, 2.24) is 5.43 Å². The molecule has 9 heteroatoms. The zero-order valence-corrected chi connectivity index (χ0v) is 19.8. The molecule has 0 aromatic heterocycles. The quantitative estimate of drug-likeness (QED) is 0.491. The van der Waals surface area contributed by atoms with Crippen molar-refractivity contribution < 1.29 is 28.7 Å².